The summed E-state index contributed by atoms with van der Waals surface area (Å²) < 4.78 is 0. The highest BCUT2D eigenvalue weighted by atomic mass is 15.2. The van der Waals surface area contributed by atoms with Gasteiger partial charge >= 0.3 is 0 Å². The highest BCUT2D eigenvalue weighted by Crippen LogP contribution is 2.32. The summed E-state index contributed by atoms with van der Waals surface area (Å²) in [5.74, 6) is 1.90. The Bertz CT molecular complexity index is 177. The minimum Gasteiger partial charge on any atom is -0.314 e. The second kappa shape index (κ2) is 5.31. The van der Waals surface area contributed by atoms with Crippen molar-refractivity contribution in [2.75, 3.05) is 26.2 Å². The average Bonchev–Trinajstić information content (AvgIpc) is 2.30. The third-order valence-electron chi connectivity index (χ3n) is 4.35. The lowest BCUT2D eigenvalue weighted by Crippen LogP contribution is -2.49. The van der Waals surface area contributed by atoms with Crippen LogP contribution in [0.15, 0.2) is 0 Å². The lowest BCUT2D eigenvalue weighted by atomic mass is 9.79. The number of hydrogen-bond donors (Lipinski definition) is 1. The fourth-order valence-corrected chi connectivity index (χ4v) is 3.18. The second-order valence-corrected chi connectivity index (χ2v) is 5.60. The maximum Gasteiger partial charge on any atom is 0.0110 e. The third kappa shape index (κ3) is 2.94. The Balaban J connectivity index is 1.77. The number of nitrogens with one attached hydrogen (secondary N) is 1. The summed E-state index contributed by atoms with van der Waals surface area (Å²) in [6.07, 6.45) is 5.82. The van der Waals surface area contributed by atoms with Crippen LogP contribution in [0.3, 0.4) is 0 Å². The number of rotatable bonds is 2. The Morgan fingerprint density at radius 1 is 1.00 bits per heavy atom. The first-order valence-corrected chi connectivity index (χ1v) is 6.72. The van der Waals surface area contributed by atoms with Crippen LogP contribution in [0.25, 0.3) is 0 Å². The fourth-order valence-electron chi connectivity index (χ4n) is 3.18. The Labute approximate surface area is 94.4 Å². The van der Waals surface area contributed by atoms with E-state index in [0.29, 0.717) is 0 Å². The molecule has 1 aliphatic carbocycles. The van der Waals surface area contributed by atoms with Crippen LogP contribution in [0.5, 0.6) is 0 Å². The molecule has 1 heterocycles. The van der Waals surface area contributed by atoms with Gasteiger partial charge in [-0.15, -0.1) is 0 Å². The van der Waals surface area contributed by atoms with Crippen molar-refractivity contribution in [1.82, 2.24) is 10.2 Å². The van der Waals surface area contributed by atoms with E-state index >= 15 is 0 Å². The van der Waals surface area contributed by atoms with Gasteiger partial charge in [0, 0.05) is 32.2 Å². The van der Waals surface area contributed by atoms with Crippen LogP contribution in [0.1, 0.15) is 39.5 Å². The summed E-state index contributed by atoms with van der Waals surface area (Å²) in [6.45, 7) is 9.72. The van der Waals surface area contributed by atoms with Crippen LogP contribution in [0, 0.1) is 11.8 Å². The van der Waals surface area contributed by atoms with E-state index in [0.717, 1.165) is 17.9 Å². The van der Waals surface area contributed by atoms with E-state index in [1.165, 1.54) is 51.9 Å². The van der Waals surface area contributed by atoms with Crippen molar-refractivity contribution in [2.45, 2.75) is 45.6 Å². The molecule has 0 radical (unpaired) electrons. The Morgan fingerprint density at radius 3 is 2.13 bits per heavy atom. The lowest BCUT2D eigenvalue weighted by molar-refractivity contribution is 0.111. The monoisotopic (exact) mass is 210 g/mol. The molecule has 2 fully saturated rings. The van der Waals surface area contributed by atoms with Crippen LogP contribution in [0.2, 0.25) is 0 Å². The quantitative estimate of drug-likeness (QED) is 0.751. The van der Waals surface area contributed by atoms with Gasteiger partial charge in [0.1, 0.15) is 0 Å². The van der Waals surface area contributed by atoms with Gasteiger partial charge < -0.3 is 5.32 Å². The van der Waals surface area contributed by atoms with Crippen molar-refractivity contribution in [2.24, 2.45) is 11.8 Å². The molecule has 0 amide bonds. The van der Waals surface area contributed by atoms with Gasteiger partial charge in [0.15, 0.2) is 0 Å². The maximum atomic E-state index is 3.44. The molecule has 1 saturated heterocycles. The number of hydrogen-bond acceptors (Lipinski definition) is 2. The molecule has 2 heteroatoms. The summed E-state index contributed by atoms with van der Waals surface area (Å²) in [6, 6.07) is 0.905. The molecule has 0 bridgehead atoms. The van der Waals surface area contributed by atoms with Gasteiger partial charge in [-0.3, -0.25) is 4.90 Å². The van der Waals surface area contributed by atoms with Gasteiger partial charge in [-0.1, -0.05) is 13.8 Å². The predicted octanol–water partition coefficient (Wildman–Crippen LogP) is 2.11. The molecule has 0 aromatic carbocycles. The van der Waals surface area contributed by atoms with Crippen molar-refractivity contribution >= 4 is 0 Å². The van der Waals surface area contributed by atoms with E-state index in [4.69, 9.17) is 0 Å². The van der Waals surface area contributed by atoms with Crippen molar-refractivity contribution in [3.8, 4) is 0 Å². The minimum absolute atomic E-state index is 0.897. The van der Waals surface area contributed by atoms with Crippen molar-refractivity contribution < 1.29 is 0 Å². The van der Waals surface area contributed by atoms with Crippen molar-refractivity contribution in [3.63, 3.8) is 0 Å². The highest BCUT2D eigenvalue weighted by Gasteiger charge is 2.27. The lowest BCUT2D eigenvalue weighted by Gasteiger charge is -2.40. The van der Waals surface area contributed by atoms with Crippen LogP contribution >= 0.6 is 0 Å². The molecule has 2 aliphatic rings. The normalized spacial score (nSPS) is 34.6. The molecule has 1 N–H and O–H groups in total. The SMILES string of the molecule is CC(C)C1CCC(N2CCNCC2)CC1. The van der Waals surface area contributed by atoms with Crippen LogP contribution in [-0.4, -0.2) is 37.1 Å². The molecule has 1 aliphatic heterocycles. The van der Waals surface area contributed by atoms with Crippen molar-refractivity contribution in [3.05, 3.63) is 0 Å². The van der Waals surface area contributed by atoms with E-state index in [9.17, 15) is 0 Å². The average molecular weight is 210 g/mol. The first-order valence-electron chi connectivity index (χ1n) is 6.72. The molecule has 1 saturated carbocycles. The maximum absolute atomic E-state index is 3.44. The standard InChI is InChI=1S/C13H26N2/c1-11(2)12-3-5-13(6-4-12)15-9-7-14-8-10-15/h11-14H,3-10H2,1-2H3. The fraction of sp³-hybridized carbons (Fsp3) is 1.00. The van der Waals surface area contributed by atoms with Crippen molar-refractivity contribution in [1.29, 1.82) is 0 Å². The number of nitrogens with zero attached hydrogens (tertiary/aromatic N) is 1. The molecule has 0 spiro atoms. The molecule has 2 nitrogen and oxygen atoms in total. The molecule has 2 rings (SSSR count). The predicted molar refractivity (Wildman–Crippen MR) is 65.0 cm³/mol. The second-order valence-electron chi connectivity index (χ2n) is 5.60. The van der Waals surface area contributed by atoms with Gasteiger partial charge in [0.2, 0.25) is 0 Å². The van der Waals surface area contributed by atoms with E-state index in [1.807, 2.05) is 0 Å². The van der Waals surface area contributed by atoms with Gasteiger partial charge in [-0.25, -0.2) is 0 Å². The van der Waals surface area contributed by atoms with E-state index in [1.54, 1.807) is 0 Å². The summed E-state index contributed by atoms with van der Waals surface area (Å²) in [4.78, 5) is 2.72. The van der Waals surface area contributed by atoms with E-state index in [2.05, 4.69) is 24.1 Å². The van der Waals surface area contributed by atoms with E-state index in [-0.39, 0.29) is 0 Å². The molecule has 15 heavy (non-hydrogen) atoms. The van der Waals surface area contributed by atoms with Crippen LogP contribution in [0.4, 0.5) is 0 Å². The Morgan fingerprint density at radius 2 is 1.60 bits per heavy atom. The van der Waals surface area contributed by atoms with Gasteiger partial charge in [0.25, 0.3) is 0 Å². The molecule has 0 unspecified atom stereocenters. The molecule has 0 aromatic heterocycles. The zero-order valence-corrected chi connectivity index (χ0v) is 10.3. The summed E-state index contributed by atoms with van der Waals surface area (Å²) in [7, 11) is 0. The van der Waals surface area contributed by atoms with Gasteiger partial charge in [-0.2, -0.15) is 0 Å². The van der Waals surface area contributed by atoms with E-state index < -0.39 is 0 Å². The minimum atomic E-state index is 0.897. The molecule has 0 aromatic rings. The Kier molecular flexibility index (Phi) is 4.04. The Hall–Kier alpha value is -0.0800. The first kappa shape index (κ1) is 11.4. The van der Waals surface area contributed by atoms with Crippen LogP contribution < -0.4 is 5.32 Å². The highest BCUT2D eigenvalue weighted by molar-refractivity contribution is 4.82. The summed E-state index contributed by atoms with van der Waals surface area (Å²) in [5.41, 5.74) is 0. The zero-order valence-electron chi connectivity index (χ0n) is 10.3. The smallest absolute Gasteiger partial charge is 0.0110 e. The largest absolute Gasteiger partial charge is 0.314 e. The molecule has 0 atom stereocenters. The van der Waals surface area contributed by atoms with Gasteiger partial charge in [-0.05, 0) is 37.5 Å². The van der Waals surface area contributed by atoms with Crippen LogP contribution in [-0.2, 0) is 0 Å². The number of piperazine rings is 1. The summed E-state index contributed by atoms with van der Waals surface area (Å²) in [5, 5.41) is 3.44. The van der Waals surface area contributed by atoms with Gasteiger partial charge in [0.05, 0.1) is 0 Å². The topological polar surface area (TPSA) is 15.3 Å². The summed E-state index contributed by atoms with van der Waals surface area (Å²) >= 11 is 0. The molecular weight excluding hydrogens is 184 g/mol. The first-order chi connectivity index (χ1) is 7.27. The zero-order chi connectivity index (χ0) is 10.7. The third-order valence-corrected chi connectivity index (χ3v) is 4.35. The molecular formula is C13H26N2. The molecule has 88 valence electrons.